The van der Waals surface area contributed by atoms with Crippen LogP contribution in [-0.2, 0) is 0 Å². The summed E-state index contributed by atoms with van der Waals surface area (Å²) in [6.07, 6.45) is 1.55. The van der Waals surface area contributed by atoms with Gasteiger partial charge in [-0.1, -0.05) is 30.3 Å². The molecule has 1 heterocycles. The van der Waals surface area contributed by atoms with E-state index in [0.29, 0.717) is 11.4 Å². The van der Waals surface area contributed by atoms with Crippen molar-refractivity contribution in [2.24, 2.45) is 5.10 Å². The van der Waals surface area contributed by atoms with E-state index in [0.717, 1.165) is 16.5 Å². The number of methoxy groups -OCH3 is 1. The number of carbonyl (C=O) groups excluding carboxylic acids is 1. The molecular weight excluding hydrogens is 278 g/mol. The summed E-state index contributed by atoms with van der Waals surface area (Å²) in [6, 6.07) is 17.0. The van der Waals surface area contributed by atoms with E-state index in [4.69, 9.17) is 4.74 Å². The van der Waals surface area contributed by atoms with Gasteiger partial charge in [-0.25, -0.2) is 5.43 Å². The summed E-state index contributed by atoms with van der Waals surface area (Å²) in [7, 11) is 1.59. The number of para-hydroxylation sites is 2. The van der Waals surface area contributed by atoms with E-state index in [1.165, 1.54) is 0 Å². The van der Waals surface area contributed by atoms with Gasteiger partial charge in [-0.05, 0) is 24.3 Å². The number of rotatable bonds is 4. The van der Waals surface area contributed by atoms with Gasteiger partial charge in [0.25, 0.3) is 5.91 Å². The molecule has 0 fully saturated rings. The molecule has 0 aliphatic rings. The highest BCUT2D eigenvalue weighted by Gasteiger charge is 2.08. The summed E-state index contributed by atoms with van der Waals surface area (Å²) >= 11 is 0. The van der Waals surface area contributed by atoms with Crippen molar-refractivity contribution in [3.05, 3.63) is 65.9 Å². The Kier molecular flexibility index (Phi) is 3.87. The second kappa shape index (κ2) is 6.13. The van der Waals surface area contributed by atoms with Crippen molar-refractivity contribution in [3.63, 3.8) is 0 Å². The van der Waals surface area contributed by atoms with E-state index in [9.17, 15) is 4.79 Å². The Morgan fingerprint density at radius 2 is 1.95 bits per heavy atom. The molecule has 2 N–H and O–H groups in total. The number of benzene rings is 2. The predicted octanol–water partition coefficient (Wildman–Crippen LogP) is 2.94. The maximum absolute atomic E-state index is 12.1. The van der Waals surface area contributed by atoms with Crippen LogP contribution in [0.3, 0.4) is 0 Å². The molecule has 0 aliphatic heterocycles. The minimum absolute atomic E-state index is 0.289. The number of H-pyrrole nitrogens is 1. The molecule has 0 spiro atoms. The van der Waals surface area contributed by atoms with Crippen molar-refractivity contribution >= 4 is 23.0 Å². The van der Waals surface area contributed by atoms with Crippen LogP contribution in [0, 0.1) is 0 Å². The van der Waals surface area contributed by atoms with Gasteiger partial charge >= 0.3 is 0 Å². The third-order valence-corrected chi connectivity index (χ3v) is 3.28. The lowest BCUT2D eigenvalue weighted by Gasteiger charge is -2.02. The van der Waals surface area contributed by atoms with Crippen LogP contribution in [0.4, 0.5) is 0 Å². The molecule has 0 saturated carbocycles. The monoisotopic (exact) mass is 293 g/mol. The highest BCUT2D eigenvalue weighted by molar-refractivity contribution is 5.98. The second-order valence-electron chi connectivity index (χ2n) is 4.71. The number of ether oxygens (including phenoxy) is 1. The van der Waals surface area contributed by atoms with Gasteiger partial charge in [-0.2, -0.15) is 5.10 Å². The van der Waals surface area contributed by atoms with E-state index in [1.54, 1.807) is 19.4 Å². The number of carbonyl (C=O) groups is 1. The van der Waals surface area contributed by atoms with Crippen molar-refractivity contribution < 1.29 is 9.53 Å². The van der Waals surface area contributed by atoms with Gasteiger partial charge in [-0.3, -0.25) is 4.79 Å². The fourth-order valence-corrected chi connectivity index (χ4v) is 2.19. The van der Waals surface area contributed by atoms with Gasteiger partial charge in [0.15, 0.2) is 0 Å². The summed E-state index contributed by atoms with van der Waals surface area (Å²) in [4.78, 5) is 15.1. The third kappa shape index (κ3) is 2.83. The fourth-order valence-electron chi connectivity index (χ4n) is 2.19. The Morgan fingerprint density at radius 3 is 2.77 bits per heavy atom. The molecule has 0 unspecified atom stereocenters. The lowest BCUT2D eigenvalue weighted by atomic mass is 10.2. The first-order valence-corrected chi connectivity index (χ1v) is 6.82. The van der Waals surface area contributed by atoms with Gasteiger partial charge in [0.05, 0.1) is 13.3 Å². The quantitative estimate of drug-likeness (QED) is 0.573. The first-order valence-electron chi connectivity index (χ1n) is 6.82. The number of nitrogens with one attached hydrogen (secondary N) is 2. The number of nitrogens with zero attached hydrogens (tertiary/aromatic N) is 1. The molecule has 5 nitrogen and oxygen atoms in total. The largest absolute Gasteiger partial charge is 0.496 e. The zero-order valence-corrected chi connectivity index (χ0v) is 12.0. The average Bonchev–Trinajstić information content (AvgIpc) is 2.99. The zero-order chi connectivity index (χ0) is 15.4. The van der Waals surface area contributed by atoms with E-state index >= 15 is 0 Å². The summed E-state index contributed by atoms with van der Waals surface area (Å²) in [5.41, 5.74) is 4.69. The Labute approximate surface area is 127 Å². The number of aromatic amines is 1. The highest BCUT2D eigenvalue weighted by Crippen LogP contribution is 2.15. The molecule has 0 radical (unpaired) electrons. The Morgan fingerprint density at radius 1 is 1.18 bits per heavy atom. The molecule has 110 valence electrons. The van der Waals surface area contributed by atoms with E-state index in [2.05, 4.69) is 15.5 Å². The minimum atomic E-state index is -0.289. The molecule has 2 aromatic carbocycles. The van der Waals surface area contributed by atoms with Gasteiger partial charge in [0.1, 0.15) is 11.4 Å². The minimum Gasteiger partial charge on any atom is -0.496 e. The fraction of sp³-hybridized carbons (Fsp3) is 0.0588. The molecule has 0 bridgehead atoms. The maximum atomic E-state index is 12.1. The number of fused-ring (bicyclic) bond motifs is 1. The van der Waals surface area contributed by atoms with Crippen molar-refractivity contribution in [1.29, 1.82) is 0 Å². The molecular formula is C17H15N3O2. The number of amides is 1. The molecule has 3 aromatic rings. The van der Waals surface area contributed by atoms with Crippen LogP contribution in [0.2, 0.25) is 0 Å². The Balaban J connectivity index is 1.73. The molecule has 5 heteroatoms. The topological polar surface area (TPSA) is 66.5 Å². The van der Waals surface area contributed by atoms with Gasteiger partial charge in [-0.15, -0.1) is 0 Å². The standard InChI is InChI=1S/C17H15N3O2/c1-22-16-9-5-3-7-13(16)11-18-20-17(21)15-10-12-6-2-4-8-14(12)19-15/h2-11,19H,1H3,(H,20,21). The van der Waals surface area contributed by atoms with Gasteiger partial charge in [0, 0.05) is 16.5 Å². The van der Waals surface area contributed by atoms with Crippen LogP contribution in [0.5, 0.6) is 5.75 Å². The summed E-state index contributed by atoms with van der Waals surface area (Å²) < 4.78 is 5.22. The maximum Gasteiger partial charge on any atom is 0.287 e. The molecule has 0 aliphatic carbocycles. The van der Waals surface area contributed by atoms with Crippen molar-refractivity contribution in [2.45, 2.75) is 0 Å². The smallest absolute Gasteiger partial charge is 0.287 e. The molecule has 3 rings (SSSR count). The Hall–Kier alpha value is -3.08. The summed E-state index contributed by atoms with van der Waals surface area (Å²) in [5, 5.41) is 4.96. The highest BCUT2D eigenvalue weighted by atomic mass is 16.5. The molecule has 1 aromatic heterocycles. The van der Waals surface area contributed by atoms with Crippen LogP contribution in [-0.4, -0.2) is 24.2 Å². The van der Waals surface area contributed by atoms with Crippen LogP contribution >= 0.6 is 0 Å². The van der Waals surface area contributed by atoms with E-state index in [-0.39, 0.29) is 5.91 Å². The lowest BCUT2D eigenvalue weighted by molar-refractivity contribution is 0.0951. The molecule has 22 heavy (non-hydrogen) atoms. The molecule has 0 atom stereocenters. The number of hydrogen-bond donors (Lipinski definition) is 2. The Bertz CT molecular complexity index is 804. The van der Waals surface area contributed by atoms with E-state index < -0.39 is 0 Å². The second-order valence-corrected chi connectivity index (χ2v) is 4.71. The molecule has 1 amide bonds. The van der Waals surface area contributed by atoms with E-state index in [1.807, 2.05) is 48.5 Å². The van der Waals surface area contributed by atoms with Gasteiger partial charge < -0.3 is 9.72 Å². The first kappa shape index (κ1) is 13.9. The SMILES string of the molecule is COc1ccccc1C=NNC(=O)c1cc2ccccc2[nH]1. The predicted molar refractivity (Wildman–Crippen MR) is 86.4 cm³/mol. The van der Waals surface area contributed by atoms with Crippen molar-refractivity contribution in [3.8, 4) is 5.75 Å². The molecule has 0 saturated heterocycles. The summed E-state index contributed by atoms with van der Waals surface area (Å²) in [5.74, 6) is 0.411. The number of hydrazone groups is 1. The number of aromatic nitrogens is 1. The lowest BCUT2D eigenvalue weighted by Crippen LogP contribution is -2.17. The summed E-state index contributed by atoms with van der Waals surface area (Å²) in [6.45, 7) is 0. The van der Waals surface area contributed by atoms with Gasteiger partial charge in [0.2, 0.25) is 0 Å². The normalized spacial score (nSPS) is 11.0. The third-order valence-electron chi connectivity index (χ3n) is 3.28. The van der Waals surface area contributed by atoms with Crippen LogP contribution in [0.15, 0.2) is 59.7 Å². The van der Waals surface area contributed by atoms with Crippen LogP contribution < -0.4 is 10.2 Å². The van der Waals surface area contributed by atoms with Crippen molar-refractivity contribution in [1.82, 2.24) is 10.4 Å². The van der Waals surface area contributed by atoms with Crippen molar-refractivity contribution in [2.75, 3.05) is 7.11 Å². The van der Waals surface area contributed by atoms with Crippen LogP contribution in [0.25, 0.3) is 10.9 Å². The zero-order valence-electron chi connectivity index (χ0n) is 12.0. The average molecular weight is 293 g/mol. The number of hydrogen-bond acceptors (Lipinski definition) is 3. The first-order chi connectivity index (χ1) is 10.8. The van der Waals surface area contributed by atoms with Crippen LogP contribution in [0.1, 0.15) is 16.1 Å².